The Hall–Kier alpha value is -1.44. The van der Waals surface area contributed by atoms with Gasteiger partial charge < -0.3 is 5.32 Å². The van der Waals surface area contributed by atoms with Crippen LogP contribution >= 0.6 is 0 Å². The second-order valence-corrected chi connectivity index (χ2v) is 9.07. The summed E-state index contributed by atoms with van der Waals surface area (Å²) in [5.74, 6) is 0.0222. The summed E-state index contributed by atoms with van der Waals surface area (Å²) in [5, 5.41) is 2.94. The second kappa shape index (κ2) is 10.8. The first kappa shape index (κ1) is 21.9. The van der Waals surface area contributed by atoms with Crippen molar-refractivity contribution in [1.82, 2.24) is 14.5 Å². The van der Waals surface area contributed by atoms with Crippen LogP contribution in [-0.4, -0.2) is 62.8 Å². The Morgan fingerprint density at radius 1 is 1.00 bits per heavy atom. The first-order chi connectivity index (χ1) is 13.0. The number of hydrogen-bond donors (Lipinski definition) is 1. The molecule has 6 nitrogen and oxygen atoms in total. The average Bonchev–Trinajstić information content (AvgIpc) is 2.66. The summed E-state index contributed by atoms with van der Waals surface area (Å²) < 4.78 is 27.2. The molecule has 0 aromatic heterocycles. The lowest BCUT2D eigenvalue weighted by molar-refractivity contribution is -0.122. The highest BCUT2D eigenvalue weighted by atomic mass is 32.2. The molecule has 152 valence electrons. The van der Waals surface area contributed by atoms with Crippen LogP contribution in [0, 0.1) is 0 Å². The van der Waals surface area contributed by atoms with E-state index < -0.39 is 10.0 Å². The lowest BCUT2D eigenvalue weighted by Crippen LogP contribution is -2.51. The summed E-state index contributed by atoms with van der Waals surface area (Å²) in [6.07, 6.45) is 5.26. The standard InChI is InChI=1S/C20H33N3O3S/c1-3-5-6-12-21-20(24)17-22-13-15-23(16-14-22)27(25,26)19-10-8-18(7-4-2)9-11-19/h8-11H,3-7,12-17H2,1-2H3,(H,21,24). The van der Waals surface area contributed by atoms with Gasteiger partial charge in [-0.15, -0.1) is 0 Å². The van der Waals surface area contributed by atoms with Crippen LogP contribution in [0.4, 0.5) is 0 Å². The molecule has 0 aliphatic carbocycles. The Morgan fingerprint density at radius 3 is 2.26 bits per heavy atom. The number of nitrogens with one attached hydrogen (secondary N) is 1. The van der Waals surface area contributed by atoms with Gasteiger partial charge in [0.2, 0.25) is 15.9 Å². The highest BCUT2D eigenvalue weighted by Gasteiger charge is 2.28. The number of carbonyl (C=O) groups is 1. The third-order valence-corrected chi connectivity index (χ3v) is 6.81. The third kappa shape index (κ3) is 6.59. The molecule has 0 saturated carbocycles. The van der Waals surface area contributed by atoms with Crippen molar-refractivity contribution in [3.63, 3.8) is 0 Å². The second-order valence-electron chi connectivity index (χ2n) is 7.13. The topological polar surface area (TPSA) is 69.7 Å². The highest BCUT2D eigenvalue weighted by Crippen LogP contribution is 2.18. The zero-order valence-electron chi connectivity index (χ0n) is 16.6. The lowest BCUT2D eigenvalue weighted by atomic mass is 10.1. The molecular weight excluding hydrogens is 362 g/mol. The van der Waals surface area contributed by atoms with Crippen LogP contribution in [0.3, 0.4) is 0 Å². The van der Waals surface area contributed by atoms with Crippen LogP contribution in [0.25, 0.3) is 0 Å². The van der Waals surface area contributed by atoms with Crippen LogP contribution < -0.4 is 5.32 Å². The molecule has 1 fully saturated rings. The molecule has 1 aliphatic heterocycles. The zero-order chi connectivity index (χ0) is 19.7. The van der Waals surface area contributed by atoms with Gasteiger partial charge in [-0.05, 0) is 30.5 Å². The van der Waals surface area contributed by atoms with Crippen molar-refractivity contribution in [2.24, 2.45) is 0 Å². The van der Waals surface area contributed by atoms with Crippen LogP contribution in [-0.2, 0) is 21.2 Å². The number of benzene rings is 1. The quantitative estimate of drug-likeness (QED) is 0.617. The molecule has 1 N–H and O–H groups in total. The number of unbranched alkanes of at least 4 members (excludes halogenated alkanes) is 2. The molecule has 0 unspecified atom stereocenters. The minimum absolute atomic E-state index is 0.0222. The summed E-state index contributed by atoms with van der Waals surface area (Å²) >= 11 is 0. The summed E-state index contributed by atoms with van der Waals surface area (Å²) in [5.41, 5.74) is 1.16. The largest absolute Gasteiger partial charge is 0.355 e. The SMILES string of the molecule is CCCCCNC(=O)CN1CCN(S(=O)(=O)c2ccc(CCC)cc2)CC1. The van der Waals surface area contributed by atoms with Gasteiger partial charge in [-0.25, -0.2) is 8.42 Å². The van der Waals surface area contributed by atoms with E-state index in [1.165, 1.54) is 4.31 Å². The third-order valence-electron chi connectivity index (χ3n) is 4.90. The molecule has 27 heavy (non-hydrogen) atoms. The van der Waals surface area contributed by atoms with Crippen molar-refractivity contribution in [3.05, 3.63) is 29.8 Å². The number of nitrogens with zero attached hydrogens (tertiary/aromatic N) is 2. The number of rotatable bonds is 10. The van der Waals surface area contributed by atoms with Gasteiger partial charge in [0.1, 0.15) is 0 Å². The van der Waals surface area contributed by atoms with E-state index in [2.05, 4.69) is 19.2 Å². The summed E-state index contributed by atoms with van der Waals surface area (Å²) in [6, 6.07) is 7.21. The number of amides is 1. The van der Waals surface area contributed by atoms with E-state index in [0.29, 0.717) is 37.6 Å². The first-order valence-electron chi connectivity index (χ1n) is 10.1. The smallest absolute Gasteiger partial charge is 0.243 e. The fourth-order valence-electron chi connectivity index (χ4n) is 3.26. The van der Waals surface area contributed by atoms with Crippen molar-refractivity contribution in [3.8, 4) is 0 Å². The van der Waals surface area contributed by atoms with E-state index in [4.69, 9.17) is 0 Å². The van der Waals surface area contributed by atoms with Crippen LogP contribution in [0.15, 0.2) is 29.2 Å². The number of sulfonamides is 1. The number of carbonyl (C=O) groups excluding carboxylic acids is 1. The molecule has 1 heterocycles. The molecule has 0 atom stereocenters. The molecule has 2 rings (SSSR count). The minimum Gasteiger partial charge on any atom is -0.355 e. The van der Waals surface area contributed by atoms with Gasteiger partial charge in [0.15, 0.2) is 0 Å². The van der Waals surface area contributed by atoms with Crippen molar-refractivity contribution in [1.29, 1.82) is 0 Å². The Morgan fingerprint density at radius 2 is 1.67 bits per heavy atom. The van der Waals surface area contributed by atoms with Gasteiger partial charge in [0, 0.05) is 32.7 Å². The van der Waals surface area contributed by atoms with Gasteiger partial charge in [-0.2, -0.15) is 4.31 Å². The molecule has 7 heteroatoms. The van der Waals surface area contributed by atoms with Crippen LogP contribution in [0.1, 0.15) is 45.1 Å². The van der Waals surface area contributed by atoms with E-state index in [1.54, 1.807) is 12.1 Å². The normalized spacial score (nSPS) is 16.4. The summed E-state index contributed by atoms with van der Waals surface area (Å²) in [6.45, 7) is 7.29. The van der Waals surface area contributed by atoms with Gasteiger partial charge in [0.05, 0.1) is 11.4 Å². The van der Waals surface area contributed by atoms with Crippen LogP contribution in [0.5, 0.6) is 0 Å². The predicted octanol–water partition coefficient (Wildman–Crippen LogP) is 2.25. The fraction of sp³-hybridized carbons (Fsp3) is 0.650. The van der Waals surface area contributed by atoms with Gasteiger partial charge >= 0.3 is 0 Å². The zero-order valence-corrected chi connectivity index (χ0v) is 17.4. The maximum Gasteiger partial charge on any atom is 0.243 e. The molecule has 1 saturated heterocycles. The van der Waals surface area contributed by atoms with E-state index in [-0.39, 0.29) is 5.91 Å². The molecule has 1 aliphatic rings. The van der Waals surface area contributed by atoms with E-state index >= 15 is 0 Å². The average molecular weight is 396 g/mol. The predicted molar refractivity (Wildman–Crippen MR) is 108 cm³/mol. The molecule has 0 spiro atoms. The summed E-state index contributed by atoms with van der Waals surface area (Å²) in [7, 11) is -3.46. The Bertz CT molecular complexity index is 681. The molecule has 0 bridgehead atoms. The van der Waals surface area contributed by atoms with Gasteiger partial charge in [-0.3, -0.25) is 9.69 Å². The van der Waals surface area contributed by atoms with Crippen LogP contribution in [0.2, 0.25) is 0 Å². The monoisotopic (exact) mass is 395 g/mol. The molecule has 1 aromatic rings. The fourth-order valence-corrected chi connectivity index (χ4v) is 4.68. The van der Waals surface area contributed by atoms with E-state index in [1.807, 2.05) is 17.0 Å². The Labute approximate surface area is 164 Å². The highest BCUT2D eigenvalue weighted by molar-refractivity contribution is 7.89. The lowest BCUT2D eigenvalue weighted by Gasteiger charge is -2.33. The Kier molecular flexibility index (Phi) is 8.73. The van der Waals surface area contributed by atoms with Gasteiger partial charge in [0.25, 0.3) is 0 Å². The van der Waals surface area contributed by atoms with E-state index in [0.717, 1.165) is 44.2 Å². The maximum absolute atomic E-state index is 12.8. The molecular formula is C20H33N3O3S. The summed E-state index contributed by atoms with van der Waals surface area (Å²) in [4.78, 5) is 14.3. The van der Waals surface area contributed by atoms with Crippen molar-refractivity contribution < 1.29 is 13.2 Å². The maximum atomic E-state index is 12.8. The molecule has 1 aromatic carbocycles. The molecule has 1 amide bonds. The van der Waals surface area contributed by atoms with Crippen molar-refractivity contribution in [2.45, 2.75) is 50.8 Å². The molecule has 0 radical (unpaired) electrons. The Balaban J connectivity index is 1.82. The number of piperazine rings is 1. The van der Waals surface area contributed by atoms with Gasteiger partial charge in [-0.1, -0.05) is 45.2 Å². The number of hydrogen-bond acceptors (Lipinski definition) is 4. The number of aryl methyl sites for hydroxylation is 1. The van der Waals surface area contributed by atoms with Crippen molar-refractivity contribution >= 4 is 15.9 Å². The first-order valence-corrected chi connectivity index (χ1v) is 11.5. The van der Waals surface area contributed by atoms with Crippen molar-refractivity contribution in [2.75, 3.05) is 39.3 Å². The minimum atomic E-state index is -3.46. The van der Waals surface area contributed by atoms with E-state index in [9.17, 15) is 13.2 Å².